The Morgan fingerprint density at radius 3 is 3.25 bits per heavy atom. The Hall–Kier alpha value is -0.930. The Kier molecular flexibility index (Phi) is 1.63. The molecule has 0 spiro atoms. The first kappa shape index (κ1) is 7.71. The molecule has 0 fully saturated rings. The van der Waals surface area contributed by atoms with Gasteiger partial charge in [-0.2, -0.15) is 0 Å². The van der Waals surface area contributed by atoms with Gasteiger partial charge in [-0.05, 0) is 30.0 Å². The number of nitrogens with two attached hydrogens (primary N) is 1. The number of pyridine rings is 1. The highest BCUT2D eigenvalue weighted by atomic mass is 16.3. The average molecular weight is 164 g/mol. The van der Waals surface area contributed by atoms with Crippen LogP contribution in [0.25, 0.3) is 0 Å². The van der Waals surface area contributed by atoms with Gasteiger partial charge in [0.25, 0.3) is 0 Å². The van der Waals surface area contributed by atoms with Gasteiger partial charge in [-0.15, -0.1) is 0 Å². The summed E-state index contributed by atoms with van der Waals surface area (Å²) in [6.07, 6.45) is 5.12. The first-order chi connectivity index (χ1) is 5.76. The predicted octanol–water partition coefficient (Wildman–Crippen LogP) is 0.174. The summed E-state index contributed by atoms with van der Waals surface area (Å²) in [6.45, 7) is 0.296. The first-order valence-corrected chi connectivity index (χ1v) is 4.12. The molecule has 2 rings (SSSR count). The van der Waals surface area contributed by atoms with Crippen LogP contribution in [0, 0.1) is 0 Å². The standard InChI is InChI=1S/C9H12N2O/c10-6-9(12)3-1-7-5-11-4-2-8(7)9/h2,4-5,12H,1,3,6,10H2. The highest BCUT2D eigenvalue weighted by molar-refractivity contribution is 5.34. The number of aromatic nitrogens is 1. The Labute approximate surface area is 71.2 Å². The third-order valence-electron chi connectivity index (χ3n) is 2.55. The molecule has 1 unspecified atom stereocenters. The van der Waals surface area contributed by atoms with Crippen molar-refractivity contribution in [2.24, 2.45) is 5.73 Å². The third kappa shape index (κ3) is 0.940. The third-order valence-corrected chi connectivity index (χ3v) is 2.55. The van der Waals surface area contributed by atoms with Crippen molar-refractivity contribution in [1.82, 2.24) is 4.98 Å². The zero-order valence-electron chi connectivity index (χ0n) is 6.83. The lowest BCUT2D eigenvalue weighted by Crippen LogP contribution is -2.32. The highest BCUT2D eigenvalue weighted by Gasteiger charge is 2.34. The lowest BCUT2D eigenvalue weighted by molar-refractivity contribution is 0.0481. The summed E-state index contributed by atoms with van der Waals surface area (Å²) in [4.78, 5) is 4.00. The largest absolute Gasteiger partial charge is 0.384 e. The van der Waals surface area contributed by atoms with Crippen molar-refractivity contribution in [1.29, 1.82) is 0 Å². The van der Waals surface area contributed by atoms with Gasteiger partial charge < -0.3 is 10.8 Å². The zero-order chi connectivity index (χ0) is 8.60. The van der Waals surface area contributed by atoms with Gasteiger partial charge in [0.15, 0.2) is 0 Å². The number of fused-ring (bicyclic) bond motifs is 1. The van der Waals surface area contributed by atoms with Crippen molar-refractivity contribution in [2.75, 3.05) is 6.54 Å². The van der Waals surface area contributed by atoms with E-state index in [1.807, 2.05) is 12.3 Å². The minimum absolute atomic E-state index is 0.296. The number of rotatable bonds is 1. The maximum absolute atomic E-state index is 10.00. The molecule has 3 N–H and O–H groups in total. The van der Waals surface area contributed by atoms with Gasteiger partial charge in [-0.3, -0.25) is 4.98 Å². The lowest BCUT2D eigenvalue weighted by atomic mass is 9.97. The van der Waals surface area contributed by atoms with E-state index < -0.39 is 5.60 Å². The quantitative estimate of drug-likeness (QED) is 0.622. The molecular formula is C9H12N2O. The van der Waals surface area contributed by atoms with E-state index in [1.165, 1.54) is 0 Å². The molecule has 0 amide bonds. The van der Waals surface area contributed by atoms with E-state index in [4.69, 9.17) is 5.73 Å². The van der Waals surface area contributed by atoms with Crippen molar-refractivity contribution in [3.8, 4) is 0 Å². The molecule has 0 aliphatic heterocycles. The summed E-state index contributed by atoms with van der Waals surface area (Å²) in [5.41, 5.74) is 6.81. The van der Waals surface area contributed by atoms with Gasteiger partial charge in [-0.25, -0.2) is 0 Å². The van der Waals surface area contributed by atoms with Crippen LogP contribution < -0.4 is 5.73 Å². The first-order valence-electron chi connectivity index (χ1n) is 4.12. The van der Waals surface area contributed by atoms with Crippen LogP contribution in [-0.2, 0) is 12.0 Å². The van der Waals surface area contributed by atoms with Gasteiger partial charge in [0, 0.05) is 18.9 Å². The Balaban J connectivity index is 2.49. The fourth-order valence-electron chi connectivity index (χ4n) is 1.77. The van der Waals surface area contributed by atoms with Crippen LogP contribution in [0.1, 0.15) is 17.5 Å². The van der Waals surface area contributed by atoms with Crippen molar-refractivity contribution in [3.05, 3.63) is 29.6 Å². The maximum atomic E-state index is 10.00. The Bertz CT molecular complexity index is 300. The highest BCUT2D eigenvalue weighted by Crippen LogP contribution is 2.34. The average Bonchev–Trinajstić information content (AvgIpc) is 2.46. The van der Waals surface area contributed by atoms with E-state index in [-0.39, 0.29) is 0 Å². The van der Waals surface area contributed by atoms with Crippen LogP contribution >= 0.6 is 0 Å². The molecule has 3 nitrogen and oxygen atoms in total. The molecular weight excluding hydrogens is 152 g/mol. The summed E-state index contributed by atoms with van der Waals surface area (Å²) in [6, 6.07) is 1.86. The summed E-state index contributed by atoms with van der Waals surface area (Å²) in [5.74, 6) is 0. The summed E-state index contributed by atoms with van der Waals surface area (Å²) < 4.78 is 0. The molecule has 64 valence electrons. The molecule has 1 aromatic rings. The van der Waals surface area contributed by atoms with Crippen LogP contribution in [0.3, 0.4) is 0 Å². The molecule has 1 heterocycles. The molecule has 1 aromatic heterocycles. The van der Waals surface area contributed by atoms with Gasteiger partial charge in [-0.1, -0.05) is 0 Å². The molecule has 0 radical (unpaired) electrons. The van der Waals surface area contributed by atoms with Crippen molar-refractivity contribution < 1.29 is 5.11 Å². The summed E-state index contributed by atoms with van der Waals surface area (Å²) >= 11 is 0. The molecule has 0 aromatic carbocycles. The Morgan fingerprint density at radius 1 is 1.67 bits per heavy atom. The van der Waals surface area contributed by atoms with E-state index in [0.29, 0.717) is 6.54 Å². The zero-order valence-corrected chi connectivity index (χ0v) is 6.83. The number of hydrogen-bond donors (Lipinski definition) is 2. The number of hydrogen-bond acceptors (Lipinski definition) is 3. The van der Waals surface area contributed by atoms with Crippen LogP contribution in [0.15, 0.2) is 18.5 Å². The molecule has 12 heavy (non-hydrogen) atoms. The maximum Gasteiger partial charge on any atom is 0.102 e. The topological polar surface area (TPSA) is 59.1 Å². The van der Waals surface area contributed by atoms with Crippen LogP contribution in [0.4, 0.5) is 0 Å². The van der Waals surface area contributed by atoms with Gasteiger partial charge in [0.1, 0.15) is 5.60 Å². The van der Waals surface area contributed by atoms with Crippen molar-refractivity contribution in [3.63, 3.8) is 0 Å². The molecule has 1 aliphatic rings. The fourth-order valence-corrected chi connectivity index (χ4v) is 1.77. The van der Waals surface area contributed by atoms with E-state index in [2.05, 4.69) is 4.98 Å². The van der Waals surface area contributed by atoms with Crippen LogP contribution in [0.2, 0.25) is 0 Å². The number of nitrogens with zero attached hydrogens (tertiary/aromatic N) is 1. The molecule has 3 heteroatoms. The van der Waals surface area contributed by atoms with Gasteiger partial charge >= 0.3 is 0 Å². The molecule has 1 aliphatic carbocycles. The number of aryl methyl sites for hydroxylation is 1. The molecule has 1 atom stereocenters. The molecule has 0 bridgehead atoms. The minimum atomic E-state index is -0.793. The SMILES string of the molecule is NCC1(O)CCc2cnccc21. The van der Waals surface area contributed by atoms with Crippen LogP contribution in [-0.4, -0.2) is 16.6 Å². The number of aliphatic hydroxyl groups is 1. The van der Waals surface area contributed by atoms with Crippen molar-refractivity contribution in [2.45, 2.75) is 18.4 Å². The molecule has 0 saturated heterocycles. The fraction of sp³-hybridized carbons (Fsp3) is 0.444. The lowest BCUT2D eigenvalue weighted by Gasteiger charge is -2.20. The predicted molar refractivity (Wildman–Crippen MR) is 45.5 cm³/mol. The minimum Gasteiger partial charge on any atom is -0.384 e. The summed E-state index contributed by atoms with van der Waals surface area (Å²) in [7, 11) is 0. The summed E-state index contributed by atoms with van der Waals surface area (Å²) in [5, 5.41) is 10.00. The second kappa shape index (κ2) is 2.54. The van der Waals surface area contributed by atoms with E-state index in [1.54, 1.807) is 6.20 Å². The monoisotopic (exact) mass is 164 g/mol. The Morgan fingerprint density at radius 2 is 2.50 bits per heavy atom. The van der Waals surface area contributed by atoms with Gasteiger partial charge in [0.2, 0.25) is 0 Å². The van der Waals surface area contributed by atoms with E-state index in [9.17, 15) is 5.11 Å². The van der Waals surface area contributed by atoms with E-state index in [0.717, 1.165) is 24.0 Å². The van der Waals surface area contributed by atoms with Crippen molar-refractivity contribution >= 4 is 0 Å². The normalized spacial score (nSPS) is 27.2. The van der Waals surface area contributed by atoms with Gasteiger partial charge in [0.05, 0.1) is 0 Å². The smallest absolute Gasteiger partial charge is 0.102 e. The second-order valence-corrected chi connectivity index (χ2v) is 3.27. The molecule has 0 saturated carbocycles. The van der Waals surface area contributed by atoms with Crippen LogP contribution in [0.5, 0.6) is 0 Å². The van der Waals surface area contributed by atoms with E-state index >= 15 is 0 Å². The second-order valence-electron chi connectivity index (χ2n) is 3.27.